The smallest absolute Gasteiger partial charge is 0.412 e. The number of aryl methyl sites for hydroxylation is 4. The molecule has 0 saturated carbocycles. The summed E-state index contributed by atoms with van der Waals surface area (Å²) in [6.07, 6.45) is 8.99. The maximum atomic E-state index is 14.6. The normalized spacial score (nSPS) is 11.5. The Kier molecular flexibility index (Phi) is 16.3. The number of nitrogens with zero attached hydrogens (tertiary/aromatic N) is 10. The summed E-state index contributed by atoms with van der Waals surface area (Å²) in [5, 5.41) is 21.2. The molecule has 0 fully saturated rings. The van der Waals surface area contributed by atoms with Crippen molar-refractivity contribution < 1.29 is 43.0 Å². The number of allylic oxidation sites excluding steroid dienone is 2. The molecule has 4 aromatic heterocycles. The summed E-state index contributed by atoms with van der Waals surface area (Å²) < 4.78 is 23.0. The summed E-state index contributed by atoms with van der Waals surface area (Å²) >= 11 is 0. The highest BCUT2D eigenvalue weighted by Crippen LogP contribution is 2.40. The van der Waals surface area contributed by atoms with Crippen molar-refractivity contribution >= 4 is 77.0 Å². The third-order valence-corrected chi connectivity index (χ3v) is 10.3. The zero-order valence-electron chi connectivity index (χ0n) is 40.7. The number of carbonyl (C=O) groups excluding carboxylic acids is 6. The Labute approximate surface area is 408 Å². The Morgan fingerprint density at radius 2 is 1.56 bits per heavy atom. The number of ether oxygens (including phenoxy) is 3. The van der Waals surface area contributed by atoms with Crippen molar-refractivity contribution in [2.75, 3.05) is 35.7 Å². The first-order valence-corrected chi connectivity index (χ1v) is 22.3. The molecule has 71 heavy (non-hydrogen) atoms. The number of anilines is 3. The molecule has 0 saturated heterocycles. The number of aromatic nitrogens is 8. The molecular formula is C48H56N14O9. The molecule has 0 unspecified atom stereocenters. The molecule has 0 spiro atoms. The van der Waals surface area contributed by atoms with Gasteiger partial charge in [-0.1, -0.05) is 24.3 Å². The lowest BCUT2D eigenvalue weighted by molar-refractivity contribution is 0.0635. The molecule has 0 atom stereocenters. The van der Waals surface area contributed by atoms with Gasteiger partial charge in [0, 0.05) is 50.0 Å². The van der Waals surface area contributed by atoms with E-state index in [4.69, 9.17) is 19.9 Å². The van der Waals surface area contributed by atoms with Crippen LogP contribution in [0.4, 0.5) is 32.6 Å². The number of amides is 5. The summed E-state index contributed by atoms with van der Waals surface area (Å²) in [4.78, 5) is 88.6. The Hall–Kier alpha value is -8.89. The van der Waals surface area contributed by atoms with E-state index in [9.17, 15) is 28.8 Å². The minimum absolute atomic E-state index is 0.0277. The Morgan fingerprint density at radius 1 is 0.873 bits per heavy atom. The highest BCUT2D eigenvalue weighted by Gasteiger charge is 2.28. The van der Waals surface area contributed by atoms with Crippen LogP contribution in [-0.4, -0.2) is 108 Å². The number of primary amides is 1. The average molecular weight is 973 g/mol. The van der Waals surface area contributed by atoms with Gasteiger partial charge in [0.15, 0.2) is 5.75 Å². The van der Waals surface area contributed by atoms with Crippen molar-refractivity contribution in [2.45, 2.75) is 80.2 Å². The van der Waals surface area contributed by atoms with Crippen LogP contribution in [0.2, 0.25) is 0 Å². The van der Waals surface area contributed by atoms with Gasteiger partial charge < -0.3 is 29.8 Å². The second kappa shape index (κ2) is 22.5. The van der Waals surface area contributed by atoms with Crippen LogP contribution < -0.4 is 36.1 Å². The predicted molar refractivity (Wildman–Crippen MR) is 265 cm³/mol. The molecule has 6 aromatic rings. The van der Waals surface area contributed by atoms with E-state index in [0.29, 0.717) is 43.0 Å². The highest BCUT2D eigenvalue weighted by atomic mass is 16.6. The van der Waals surface area contributed by atoms with Crippen molar-refractivity contribution in [1.29, 1.82) is 0 Å². The maximum absolute atomic E-state index is 14.6. The third-order valence-electron chi connectivity index (χ3n) is 10.3. The van der Waals surface area contributed by atoms with Crippen LogP contribution in [0.15, 0.2) is 78.1 Å². The van der Waals surface area contributed by atoms with Crippen molar-refractivity contribution in [3.8, 4) is 11.5 Å². The summed E-state index contributed by atoms with van der Waals surface area (Å²) in [5.41, 5.74) is 8.18. The van der Waals surface area contributed by atoms with E-state index >= 15 is 0 Å². The Bertz CT molecular complexity index is 3060. The lowest BCUT2D eigenvalue weighted by Crippen LogP contribution is -2.33. The quantitative estimate of drug-likeness (QED) is 0.0368. The van der Waals surface area contributed by atoms with Gasteiger partial charge in [-0.05, 0) is 91.6 Å². The van der Waals surface area contributed by atoms with Gasteiger partial charge in [-0.25, -0.2) is 14.6 Å². The Balaban J connectivity index is 1.30. The van der Waals surface area contributed by atoms with Crippen LogP contribution in [0.1, 0.15) is 87.7 Å². The molecule has 0 aliphatic heterocycles. The van der Waals surface area contributed by atoms with Gasteiger partial charge in [0.1, 0.15) is 40.2 Å². The number of rotatable bonds is 20. The van der Waals surface area contributed by atoms with Crippen LogP contribution in [0.25, 0.3) is 11.0 Å². The van der Waals surface area contributed by atoms with Gasteiger partial charge >= 0.3 is 12.2 Å². The van der Waals surface area contributed by atoms with Crippen molar-refractivity contribution in [2.24, 2.45) is 10.7 Å². The molecule has 0 aliphatic carbocycles. The van der Waals surface area contributed by atoms with Crippen molar-refractivity contribution in [3.05, 3.63) is 107 Å². The monoisotopic (exact) mass is 972 g/mol. The molecule has 372 valence electrons. The molecular weight excluding hydrogens is 917 g/mol. The van der Waals surface area contributed by atoms with Crippen molar-refractivity contribution in [1.82, 2.24) is 44.2 Å². The maximum Gasteiger partial charge on any atom is 0.412 e. The van der Waals surface area contributed by atoms with Gasteiger partial charge in [0.05, 0.1) is 48.1 Å². The summed E-state index contributed by atoms with van der Waals surface area (Å²) in [6, 6.07) is 8.96. The molecule has 5 amide bonds. The second-order valence-electron chi connectivity index (χ2n) is 16.8. The largest absolute Gasteiger partial charge is 0.494 e. The van der Waals surface area contributed by atoms with E-state index < -0.39 is 35.5 Å². The van der Waals surface area contributed by atoms with E-state index in [0.717, 1.165) is 0 Å². The van der Waals surface area contributed by atoms with E-state index in [2.05, 4.69) is 47.9 Å². The van der Waals surface area contributed by atoms with Gasteiger partial charge in [-0.15, -0.1) is 0 Å². The van der Waals surface area contributed by atoms with E-state index in [1.807, 2.05) is 13.8 Å². The zero-order chi connectivity index (χ0) is 51.6. The number of imidazole rings is 1. The summed E-state index contributed by atoms with van der Waals surface area (Å²) in [5.74, 6) is -1.64. The first-order valence-electron chi connectivity index (χ1n) is 22.3. The predicted octanol–water partition coefficient (Wildman–Crippen LogP) is 6.38. The van der Waals surface area contributed by atoms with Gasteiger partial charge in [0.25, 0.3) is 11.8 Å². The van der Waals surface area contributed by atoms with Crippen LogP contribution >= 0.6 is 0 Å². The average Bonchev–Trinajstić information content (AvgIpc) is 4.12. The molecule has 5 N–H and O–H groups in total. The number of carbonyl (C=O) groups is 6. The zero-order valence-corrected chi connectivity index (χ0v) is 40.7. The van der Waals surface area contributed by atoms with Crippen LogP contribution in [0.5, 0.6) is 11.5 Å². The second-order valence-corrected chi connectivity index (χ2v) is 16.8. The van der Waals surface area contributed by atoms with E-state index in [-0.39, 0.29) is 82.0 Å². The molecule has 0 bridgehead atoms. The number of hydrogen-bond acceptors (Lipinski definition) is 14. The number of hydrogen-bond donors (Lipinski definition) is 4. The third kappa shape index (κ3) is 12.6. The van der Waals surface area contributed by atoms with E-state index in [1.54, 1.807) is 95.9 Å². The lowest BCUT2D eigenvalue weighted by Gasteiger charge is -2.25. The van der Waals surface area contributed by atoms with Gasteiger partial charge in [0.2, 0.25) is 11.9 Å². The fourth-order valence-corrected chi connectivity index (χ4v) is 7.31. The first kappa shape index (κ1) is 51.5. The molecule has 2 aromatic carbocycles. The minimum atomic E-state index is -0.864. The number of fused-ring (bicyclic) bond motifs is 1. The number of aldehydes is 1. The fraction of sp³-hybridized carbons (Fsp3) is 0.312. The molecule has 0 radical (unpaired) electrons. The topological polar surface area (TPSA) is 279 Å². The number of aliphatic imine (C=N–C) groups is 1. The lowest BCUT2D eigenvalue weighted by atomic mass is 10.1. The number of benzene rings is 2. The SMILES string of the molecule is C=Nc1cc(C(N)=O)cc(OC)c1N(C/C=C/Cn1c(NC(=O)c2cc(C)nn2CC)nc2cc(C=O)cc(OC(=O)NC/C=C/Cn3cc(NC(=O)OC(C)(C)C)cn3)c21)C(=O)c1cc(C)nn1CC. The number of nitrogens with two attached hydrogens (primary N) is 1. The summed E-state index contributed by atoms with van der Waals surface area (Å²) in [6.45, 7) is 17.2. The molecule has 6 rings (SSSR count). The highest BCUT2D eigenvalue weighted by molar-refractivity contribution is 6.09. The first-order chi connectivity index (χ1) is 33.9. The number of nitrogens with one attached hydrogen (secondary N) is 3. The fourth-order valence-electron chi connectivity index (χ4n) is 7.31. The minimum Gasteiger partial charge on any atom is -0.494 e. The molecule has 0 aliphatic rings. The number of methoxy groups -OCH3 is 1. The van der Waals surface area contributed by atoms with Gasteiger partial charge in [-0.3, -0.25) is 53.7 Å². The van der Waals surface area contributed by atoms with Crippen LogP contribution in [0, 0.1) is 13.8 Å². The molecule has 23 heteroatoms. The van der Waals surface area contributed by atoms with Crippen molar-refractivity contribution in [3.63, 3.8) is 0 Å². The van der Waals surface area contributed by atoms with Gasteiger partial charge in [-0.2, -0.15) is 15.3 Å². The standard InChI is InChI=1S/C48H56N14O9/c1-10-61-36(20-29(3)56-61)43(65)55-45-54-35-22-31(28-63)23-39(70-46(67)51-16-12-13-17-58-27-33(26-52-58)53-47(68)71-48(5,6)7)41(35)60(45)19-15-14-18-59(44(66)37-21-30(4)57-62(37)11-2)40-34(50-8)24-32(42(49)64)25-38(40)69-9/h12-15,20-28H,8,10-11,16-19H2,1-7,9H3,(H2,49,64)(H,51,67)(H,53,68)(H,54,55,65)/b13-12+,15-14+. The molecule has 4 heterocycles. The Morgan fingerprint density at radius 3 is 2.21 bits per heavy atom. The van der Waals surface area contributed by atoms with E-state index in [1.165, 1.54) is 42.5 Å². The van der Waals surface area contributed by atoms with Crippen LogP contribution in [-0.2, 0) is 30.9 Å². The molecule has 23 nitrogen and oxygen atoms in total. The summed E-state index contributed by atoms with van der Waals surface area (Å²) in [7, 11) is 1.38. The van der Waals surface area contributed by atoms with Crippen LogP contribution in [0.3, 0.4) is 0 Å².